The van der Waals surface area contributed by atoms with Crippen LogP contribution in [0.3, 0.4) is 0 Å². The number of nitrogens with zero attached hydrogens (tertiary/aromatic N) is 1. The molecule has 0 unspecified atom stereocenters. The third kappa shape index (κ3) is 3.61. The van der Waals surface area contributed by atoms with E-state index >= 15 is 0 Å². The predicted molar refractivity (Wildman–Crippen MR) is 84.1 cm³/mol. The van der Waals surface area contributed by atoms with Gasteiger partial charge < -0.3 is 15.5 Å². The van der Waals surface area contributed by atoms with Crippen molar-refractivity contribution in [2.24, 2.45) is 10.7 Å². The van der Waals surface area contributed by atoms with Crippen LogP contribution in [0, 0.1) is 0 Å². The smallest absolute Gasteiger partial charge is 0.417 e. The molecule has 1 aromatic heterocycles. The maximum absolute atomic E-state index is 13.2. The number of nitrogens with two attached hydrogens (primary N) is 1. The van der Waals surface area contributed by atoms with Crippen molar-refractivity contribution < 1.29 is 22.7 Å². The third-order valence-electron chi connectivity index (χ3n) is 3.15. The van der Waals surface area contributed by atoms with Crippen molar-refractivity contribution in [2.45, 2.75) is 26.1 Å². The first-order valence-corrected chi connectivity index (χ1v) is 7.06. The Labute approximate surface area is 135 Å². The van der Waals surface area contributed by atoms with Crippen LogP contribution in [-0.2, 0) is 6.18 Å². The van der Waals surface area contributed by atoms with Crippen molar-refractivity contribution in [1.29, 1.82) is 0 Å². The first kappa shape index (κ1) is 17.6. The fourth-order valence-corrected chi connectivity index (χ4v) is 2.15. The second-order valence-corrected chi connectivity index (χ2v) is 5.31. The Balaban J connectivity index is 2.59. The largest absolute Gasteiger partial charge is 0.489 e. The number of aliphatic imine (C=N–C) groups is 1. The number of hydrogen-bond donors (Lipinski definition) is 3. The number of halogens is 3. The normalized spacial score (nSPS) is 12.7. The van der Waals surface area contributed by atoms with Crippen LogP contribution in [0.25, 0.3) is 10.9 Å². The Hall–Kier alpha value is -2.71. The predicted octanol–water partition coefficient (Wildman–Crippen LogP) is 2.65. The van der Waals surface area contributed by atoms with Crippen LogP contribution in [0.15, 0.2) is 23.2 Å². The van der Waals surface area contributed by atoms with Gasteiger partial charge in [0.25, 0.3) is 5.91 Å². The summed E-state index contributed by atoms with van der Waals surface area (Å²) in [6, 6.07) is 3.27. The fourth-order valence-electron chi connectivity index (χ4n) is 2.15. The topological polar surface area (TPSA) is 92.5 Å². The molecule has 1 amide bonds. The van der Waals surface area contributed by atoms with E-state index in [-0.39, 0.29) is 34.4 Å². The van der Waals surface area contributed by atoms with Crippen LogP contribution in [0.5, 0.6) is 5.75 Å². The first-order valence-electron chi connectivity index (χ1n) is 7.06. The van der Waals surface area contributed by atoms with Crippen LogP contribution < -0.4 is 15.8 Å². The van der Waals surface area contributed by atoms with Gasteiger partial charge in [-0.3, -0.25) is 15.1 Å². The molecule has 0 fully saturated rings. The van der Waals surface area contributed by atoms with Gasteiger partial charge in [-0.15, -0.1) is 0 Å². The summed E-state index contributed by atoms with van der Waals surface area (Å²) in [5, 5.41) is 2.11. The number of rotatable bonds is 3. The van der Waals surface area contributed by atoms with E-state index < -0.39 is 17.6 Å². The molecule has 9 heteroatoms. The van der Waals surface area contributed by atoms with Crippen LogP contribution in [0.2, 0.25) is 0 Å². The Morgan fingerprint density at radius 2 is 2.04 bits per heavy atom. The summed E-state index contributed by atoms with van der Waals surface area (Å²) in [6.45, 7) is 3.50. The zero-order valence-electron chi connectivity index (χ0n) is 13.3. The molecule has 0 atom stereocenters. The Kier molecular flexibility index (Phi) is 4.72. The number of aromatic amines is 1. The standard InChI is InChI=1S/C15H17F3N4O2/c1-7(2)24-11-5-4-9(15(16,17)18)8-6-10(21-12(8)11)13(23)22-14(19)20-3/h4-7,21H,1-3H3,(H3,19,20,22,23). The minimum atomic E-state index is -4.56. The quantitative estimate of drug-likeness (QED) is 0.591. The molecule has 1 heterocycles. The number of alkyl halides is 3. The molecule has 0 aliphatic carbocycles. The zero-order chi connectivity index (χ0) is 18.1. The molecule has 0 saturated carbocycles. The van der Waals surface area contributed by atoms with Gasteiger partial charge >= 0.3 is 6.18 Å². The number of fused-ring (bicyclic) bond motifs is 1. The molecule has 0 spiro atoms. The van der Waals surface area contributed by atoms with Crippen molar-refractivity contribution in [3.8, 4) is 5.75 Å². The molecule has 0 aliphatic heterocycles. The molecule has 1 aromatic carbocycles. The number of aromatic nitrogens is 1. The van der Waals surface area contributed by atoms with E-state index in [0.717, 1.165) is 12.1 Å². The molecule has 2 rings (SSSR count). The SMILES string of the molecule is CN=C(N)NC(=O)c1cc2c(C(F)(F)F)ccc(OC(C)C)c2[nH]1. The molecular weight excluding hydrogens is 325 g/mol. The van der Waals surface area contributed by atoms with Crippen molar-refractivity contribution in [2.75, 3.05) is 7.05 Å². The molecule has 0 aliphatic rings. The highest BCUT2D eigenvalue weighted by Gasteiger charge is 2.34. The number of hydrogen-bond acceptors (Lipinski definition) is 3. The average Bonchev–Trinajstić information content (AvgIpc) is 2.90. The Morgan fingerprint density at radius 3 is 2.58 bits per heavy atom. The lowest BCUT2D eigenvalue weighted by molar-refractivity contribution is -0.136. The van der Waals surface area contributed by atoms with Crippen molar-refractivity contribution in [3.05, 3.63) is 29.5 Å². The van der Waals surface area contributed by atoms with Crippen LogP contribution in [0.1, 0.15) is 29.9 Å². The van der Waals surface area contributed by atoms with Crippen LogP contribution in [0.4, 0.5) is 13.2 Å². The molecular formula is C15H17F3N4O2. The summed E-state index contributed by atoms with van der Waals surface area (Å²) >= 11 is 0. The highest BCUT2D eigenvalue weighted by atomic mass is 19.4. The van der Waals surface area contributed by atoms with Gasteiger partial charge in [-0.25, -0.2) is 0 Å². The molecule has 2 aromatic rings. The van der Waals surface area contributed by atoms with E-state index in [4.69, 9.17) is 10.5 Å². The Morgan fingerprint density at radius 1 is 1.38 bits per heavy atom. The van der Waals surface area contributed by atoms with E-state index in [1.54, 1.807) is 13.8 Å². The minimum absolute atomic E-state index is 0.0816. The zero-order valence-corrected chi connectivity index (χ0v) is 13.3. The van der Waals surface area contributed by atoms with Crippen LogP contribution in [-0.4, -0.2) is 30.0 Å². The molecule has 0 saturated heterocycles. The third-order valence-corrected chi connectivity index (χ3v) is 3.15. The van der Waals surface area contributed by atoms with Gasteiger partial charge in [0.05, 0.1) is 17.2 Å². The molecule has 0 radical (unpaired) electrons. The van der Waals surface area contributed by atoms with E-state index in [0.29, 0.717) is 0 Å². The molecule has 24 heavy (non-hydrogen) atoms. The summed E-state index contributed by atoms with van der Waals surface area (Å²) in [4.78, 5) is 18.3. The maximum Gasteiger partial charge on any atom is 0.417 e. The maximum atomic E-state index is 13.2. The highest BCUT2D eigenvalue weighted by molar-refractivity contribution is 6.07. The van der Waals surface area contributed by atoms with Gasteiger partial charge in [-0.05, 0) is 32.0 Å². The van der Waals surface area contributed by atoms with E-state index in [9.17, 15) is 18.0 Å². The highest BCUT2D eigenvalue weighted by Crippen LogP contribution is 2.38. The van der Waals surface area contributed by atoms with E-state index in [2.05, 4.69) is 15.3 Å². The molecule has 4 N–H and O–H groups in total. The lowest BCUT2D eigenvalue weighted by Crippen LogP contribution is -2.36. The van der Waals surface area contributed by atoms with E-state index in [1.807, 2.05) is 0 Å². The number of benzene rings is 1. The lowest BCUT2D eigenvalue weighted by atomic mass is 10.1. The van der Waals surface area contributed by atoms with Gasteiger partial charge in [-0.2, -0.15) is 13.2 Å². The summed E-state index contributed by atoms with van der Waals surface area (Å²) in [5.41, 5.74) is 4.55. The monoisotopic (exact) mass is 342 g/mol. The molecule has 130 valence electrons. The number of ether oxygens (including phenoxy) is 1. The lowest BCUT2D eigenvalue weighted by Gasteiger charge is -2.13. The summed E-state index contributed by atoms with van der Waals surface area (Å²) < 4.78 is 45.1. The minimum Gasteiger partial charge on any atom is -0.489 e. The molecule has 0 bridgehead atoms. The van der Waals surface area contributed by atoms with Gasteiger partial charge in [0.1, 0.15) is 11.4 Å². The van der Waals surface area contributed by atoms with Gasteiger partial charge in [0, 0.05) is 12.4 Å². The van der Waals surface area contributed by atoms with Crippen molar-refractivity contribution >= 4 is 22.8 Å². The molecule has 6 nitrogen and oxygen atoms in total. The summed E-state index contributed by atoms with van der Waals surface area (Å²) in [7, 11) is 1.37. The van der Waals surface area contributed by atoms with Gasteiger partial charge in [-0.1, -0.05) is 0 Å². The van der Waals surface area contributed by atoms with Crippen molar-refractivity contribution in [1.82, 2.24) is 10.3 Å². The number of carbonyl (C=O) groups is 1. The number of carbonyl (C=O) groups excluding carboxylic acids is 1. The van der Waals surface area contributed by atoms with E-state index in [1.165, 1.54) is 13.1 Å². The second-order valence-electron chi connectivity index (χ2n) is 5.31. The number of H-pyrrole nitrogens is 1. The number of amides is 1. The first-order chi connectivity index (χ1) is 11.1. The summed E-state index contributed by atoms with van der Waals surface area (Å²) in [6.07, 6.45) is -4.80. The Bertz CT molecular complexity index is 794. The van der Waals surface area contributed by atoms with Crippen LogP contribution >= 0.6 is 0 Å². The fraction of sp³-hybridized carbons (Fsp3) is 0.333. The second kappa shape index (κ2) is 6.42. The van der Waals surface area contributed by atoms with Gasteiger partial charge in [0.2, 0.25) is 0 Å². The number of guanidine groups is 1. The average molecular weight is 342 g/mol. The number of nitrogens with one attached hydrogen (secondary N) is 2. The summed E-state index contributed by atoms with van der Waals surface area (Å²) in [5.74, 6) is -0.615. The van der Waals surface area contributed by atoms with Gasteiger partial charge in [0.15, 0.2) is 5.96 Å². The van der Waals surface area contributed by atoms with Crippen molar-refractivity contribution in [3.63, 3.8) is 0 Å².